The first-order valence-corrected chi connectivity index (χ1v) is 6.42. The first-order valence-electron chi connectivity index (χ1n) is 6.42. The maximum atomic E-state index is 2.42. The molecule has 0 radical (unpaired) electrons. The standard InChI is InChI=1S/C15H22/c1-13-7-5-6-10-15(13)12-11-14-8-3-2-4-9-14/h8,11-12H,2-7,9-10H2,1H3/b12-11-. The second-order valence-corrected chi connectivity index (χ2v) is 4.87. The van der Waals surface area contributed by atoms with Crippen molar-refractivity contribution >= 4 is 0 Å². The van der Waals surface area contributed by atoms with E-state index in [2.05, 4.69) is 25.2 Å². The summed E-state index contributed by atoms with van der Waals surface area (Å²) in [6, 6.07) is 0. The van der Waals surface area contributed by atoms with Crippen molar-refractivity contribution in [1.82, 2.24) is 0 Å². The zero-order chi connectivity index (χ0) is 10.5. The Bertz CT molecular complexity index is 302. The lowest BCUT2D eigenvalue weighted by atomic mass is 9.91. The number of rotatable bonds is 2. The predicted octanol–water partition coefficient (Wildman–Crippen LogP) is 4.93. The molecule has 0 heterocycles. The Kier molecular flexibility index (Phi) is 3.82. The monoisotopic (exact) mass is 202 g/mol. The molecule has 0 unspecified atom stereocenters. The van der Waals surface area contributed by atoms with Gasteiger partial charge >= 0.3 is 0 Å². The van der Waals surface area contributed by atoms with Crippen LogP contribution < -0.4 is 0 Å². The Balaban J connectivity index is 2.00. The van der Waals surface area contributed by atoms with Crippen LogP contribution in [0.5, 0.6) is 0 Å². The van der Waals surface area contributed by atoms with Gasteiger partial charge in [-0.25, -0.2) is 0 Å². The molecule has 0 nitrogen and oxygen atoms in total. The van der Waals surface area contributed by atoms with Crippen molar-refractivity contribution in [2.24, 2.45) is 0 Å². The maximum Gasteiger partial charge on any atom is -0.0279 e. The van der Waals surface area contributed by atoms with Crippen molar-refractivity contribution in [1.29, 1.82) is 0 Å². The van der Waals surface area contributed by atoms with E-state index in [1.807, 2.05) is 0 Å². The fourth-order valence-corrected chi connectivity index (χ4v) is 2.53. The van der Waals surface area contributed by atoms with Crippen LogP contribution in [-0.4, -0.2) is 0 Å². The zero-order valence-electron chi connectivity index (χ0n) is 9.89. The summed E-state index contributed by atoms with van der Waals surface area (Å²) in [5, 5.41) is 0. The van der Waals surface area contributed by atoms with Gasteiger partial charge in [-0.05, 0) is 63.9 Å². The van der Waals surface area contributed by atoms with E-state index in [9.17, 15) is 0 Å². The minimum atomic E-state index is 1.29. The summed E-state index contributed by atoms with van der Waals surface area (Å²) in [6.45, 7) is 2.30. The Hall–Kier alpha value is -0.780. The van der Waals surface area contributed by atoms with Crippen LogP contribution in [0.15, 0.2) is 34.9 Å². The van der Waals surface area contributed by atoms with Gasteiger partial charge in [-0.3, -0.25) is 0 Å². The van der Waals surface area contributed by atoms with Crippen LogP contribution in [-0.2, 0) is 0 Å². The van der Waals surface area contributed by atoms with Gasteiger partial charge in [0.2, 0.25) is 0 Å². The Morgan fingerprint density at radius 1 is 0.933 bits per heavy atom. The number of allylic oxidation sites excluding steroid dienone is 6. The van der Waals surface area contributed by atoms with Gasteiger partial charge in [0.1, 0.15) is 0 Å². The molecule has 0 atom stereocenters. The summed E-state index contributed by atoms with van der Waals surface area (Å²) in [5.74, 6) is 0. The Morgan fingerprint density at radius 3 is 2.47 bits per heavy atom. The summed E-state index contributed by atoms with van der Waals surface area (Å²) >= 11 is 0. The van der Waals surface area contributed by atoms with E-state index in [-0.39, 0.29) is 0 Å². The van der Waals surface area contributed by atoms with Crippen molar-refractivity contribution in [2.45, 2.75) is 58.3 Å². The first kappa shape index (κ1) is 10.7. The summed E-state index contributed by atoms with van der Waals surface area (Å²) in [5.41, 5.74) is 4.79. The molecule has 15 heavy (non-hydrogen) atoms. The molecule has 0 fully saturated rings. The molecule has 0 aromatic rings. The third-order valence-electron chi connectivity index (χ3n) is 3.62. The molecule has 0 aromatic carbocycles. The molecule has 0 heteroatoms. The van der Waals surface area contributed by atoms with Crippen molar-refractivity contribution in [3.05, 3.63) is 34.9 Å². The molecule has 0 amide bonds. The summed E-state index contributed by atoms with van der Waals surface area (Å²) in [4.78, 5) is 0. The largest absolute Gasteiger partial charge is 0.0813 e. The van der Waals surface area contributed by atoms with Gasteiger partial charge < -0.3 is 0 Å². The fraction of sp³-hybridized carbons (Fsp3) is 0.600. The van der Waals surface area contributed by atoms with Gasteiger partial charge in [0, 0.05) is 0 Å². The quantitative estimate of drug-likeness (QED) is 0.595. The van der Waals surface area contributed by atoms with E-state index in [0.717, 1.165) is 0 Å². The van der Waals surface area contributed by atoms with E-state index in [4.69, 9.17) is 0 Å². The van der Waals surface area contributed by atoms with Gasteiger partial charge in [-0.15, -0.1) is 0 Å². The second-order valence-electron chi connectivity index (χ2n) is 4.87. The van der Waals surface area contributed by atoms with E-state index < -0.39 is 0 Å². The number of hydrogen-bond donors (Lipinski definition) is 0. The fourth-order valence-electron chi connectivity index (χ4n) is 2.53. The van der Waals surface area contributed by atoms with E-state index in [1.165, 1.54) is 51.4 Å². The third-order valence-corrected chi connectivity index (χ3v) is 3.62. The van der Waals surface area contributed by atoms with Crippen LogP contribution in [0.25, 0.3) is 0 Å². The molecule has 82 valence electrons. The van der Waals surface area contributed by atoms with Crippen LogP contribution >= 0.6 is 0 Å². The van der Waals surface area contributed by atoms with Crippen molar-refractivity contribution < 1.29 is 0 Å². The van der Waals surface area contributed by atoms with Crippen molar-refractivity contribution in [3.8, 4) is 0 Å². The predicted molar refractivity (Wildman–Crippen MR) is 66.9 cm³/mol. The van der Waals surface area contributed by atoms with Gasteiger partial charge in [0.15, 0.2) is 0 Å². The summed E-state index contributed by atoms with van der Waals surface area (Å²) in [6.07, 6.45) is 17.9. The van der Waals surface area contributed by atoms with Gasteiger partial charge in [0.05, 0.1) is 0 Å². The molecular weight excluding hydrogens is 180 g/mol. The van der Waals surface area contributed by atoms with Crippen molar-refractivity contribution in [3.63, 3.8) is 0 Å². The minimum absolute atomic E-state index is 1.29. The molecule has 0 bridgehead atoms. The molecule has 0 aromatic heterocycles. The van der Waals surface area contributed by atoms with E-state index in [0.29, 0.717) is 0 Å². The molecule has 0 saturated carbocycles. The van der Waals surface area contributed by atoms with Gasteiger partial charge in [-0.1, -0.05) is 29.4 Å². The highest BCUT2D eigenvalue weighted by Gasteiger charge is 2.06. The minimum Gasteiger partial charge on any atom is -0.0813 e. The van der Waals surface area contributed by atoms with Crippen LogP contribution in [0.1, 0.15) is 58.3 Å². The van der Waals surface area contributed by atoms with Gasteiger partial charge in [-0.2, -0.15) is 0 Å². The van der Waals surface area contributed by atoms with Crippen LogP contribution in [0, 0.1) is 0 Å². The Morgan fingerprint density at radius 2 is 1.73 bits per heavy atom. The molecule has 0 N–H and O–H groups in total. The normalized spacial score (nSPS) is 23.4. The number of hydrogen-bond acceptors (Lipinski definition) is 0. The lowest BCUT2D eigenvalue weighted by Gasteiger charge is -2.15. The molecular formula is C15H22. The average molecular weight is 202 g/mol. The van der Waals surface area contributed by atoms with E-state index >= 15 is 0 Å². The Labute approximate surface area is 93.8 Å². The van der Waals surface area contributed by atoms with Crippen LogP contribution in [0.4, 0.5) is 0 Å². The molecule has 0 saturated heterocycles. The lowest BCUT2D eigenvalue weighted by Crippen LogP contribution is -1.95. The SMILES string of the molecule is CC1=C(/C=C\C2=CCCCC2)CCCC1. The van der Waals surface area contributed by atoms with E-state index in [1.54, 1.807) is 16.7 Å². The van der Waals surface area contributed by atoms with Crippen molar-refractivity contribution in [2.75, 3.05) is 0 Å². The highest BCUT2D eigenvalue weighted by Crippen LogP contribution is 2.26. The third kappa shape index (κ3) is 3.09. The second kappa shape index (κ2) is 5.34. The molecule has 2 aliphatic carbocycles. The highest BCUT2D eigenvalue weighted by atomic mass is 14.1. The molecule has 2 aliphatic rings. The lowest BCUT2D eigenvalue weighted by molar-refractivity contribution is 0.682. The highest BCUT2D eigenvalue weighted by molar-refractivity contribution is 5.32. The van der Waals surface area contributed by atoms with Crippen LogP contribution in [0.2, 0.25) is 0 Å². The molecule has 0 spiro atoms. The van der Waals surface area contributed by atoms with Gasteiger partial charge in [0.25, 0.3) is 0 Å². The molecule has 0 aliphatic heterocycles. The van der Waals surface area contributed by atoms with Crippen LogP contribution in [0.3, 0.4) is 0 Å². The molecule has 2 rings (SSSR count). The smallest absolute Gasteiger partial charge is 0.0279 e. The maximum absolute atomic E-state index is 2.42. The first-order chi connectivity index (χ1) is 7.36. The summed E-state index contributed by atoms with van der Waals surface area (Å²) in [7, 11) is 0. The zero-order valence-corrected chi connectivity index (χ0v) is 9.89. The topological polar surface area (TPSA) is 0 Å². The average Bonchev–Trinajstić information content (AvgIpc) is 2.29. The summed E-state index contributed by atoms with van der Waals surface area (Å²) < 4.78 is 0.